The molecule has 1 saturated carbocycles. The molecular formula is C27H41N7O3S. The number of rotatable bonds is 14. The van der Waals surface area contributed by atoms with Crippen molar-refractivity contribution in [1.82, 2.24) is 24.2 Å². The summed E-state index contributed by atoms with van der Waals surface area (Å²) in [4.78, 5) is 14.2. The number of aliphatic hydroxyl groups excluding tert-OH is 1. The first-order valence-electron chi connectivity index (χ1n) is 13.9. The molecule has 1 aromatic carbocycles. The second-order valence-corrected chi connectivity index (χ2v) is 11.8. The van der Waals surface area contributed by atoms with Crippen molar-refractivity contribution in [3.05, 3.63) is 30.6 Å². The molecule has 3 aromatic rings. The van der Waals surface area contributed by atoms with Crippen LogP contribution in [0.15, 0.2) is 35.5 Å². The summed E-state index contributed by atoms with van der Waals surface area (Å²) >= 11 is 0. The minimum Gasteiger partial charge on any atom is -0.393 e. The molecule has 0 bridgehead atoms. The molecule has 1 aliphatic rings. The molecule has 10 nitrogen and oxygen atoms in total. The summed E-state index contributed by atoms with van der Waals surface area (Å²) in [5, 5.41) is 16.5. The SMILES string of the molecule is CCCCCCCCNS(=O)(=O)c1ccc(Nc2nc(NC3CCC(O)CC3)nc3c2ncn3CC)cc1. The van der Waals surface area contributed by atoms with Crippen molar-refractivity contribution in [2.75, 3.05) is 17.2 Å². The summed E-state index contributed by atoms with van der Waals surface area (Å²) < 4.78 is 30.1. The average Bonchev–Trinajstić information content (AvgIpc) is 3.33. The summed E-state index contributed by atoms with van der Waals surface area (Å²) in [6, 6.07) is 6.87. The predicted octanol–water partition coefficient (Wildman–Crippen LogP) is 4.94. The number of sulfonamides is 1. The van der Waals surface area contributed by atoms with E-state index in [1.54, 1.807) is 30.6 Å². The molecule has 38 heavy (non-hydrogen) atoms. The summed E-state index contributed by atoms with van der Waals surface area (Å²) in [6.45, 7) is 5.39. The topological polar surface area (TPSA) is 134 Å². The molecule has 11 heteroatoms. The number of hydrogen-bond acceptors (Lipinski definition) is 8. The summed E-state index contributed by atoms with van der Waals surface area (Å²) in [7, 11) is -3.56. The average molecular weight is 544 g/mol. The summed E-state index contributed by atoms with van der Waals surface area (Å²) in [6.07, 6.45) is 11.4. The third-order valence-electron chi connectivity index (χ3n) is 7.08. The lowest BCUT2D eigenvalue weighted by Gasteiger charge is -2.26. The van der Waals surface area contributed by atoms with Crippen LogP contribution in [0.4, 0.5) is 17.5 Å². The standard InChI is InChI=1S/C27H41N7O3S/c1-3-5-6-7-8-9-18-29-38(36,37)23-16-12-20(13-17-23)30-25-24-26(34(4-2)19-28-24)33-27(32-25)31-21-10-14-22(35)15-11-21/h12-13,16-17,19,21-22,29,35H,3-11,14-15,18H2,1-2H3,(H2,30,31,32,33). The van der Waals surface area contributed by atoms with Gasteiger partial charge in [-0.2, -0.15) is 9.97 Å². The molecule has 2 heterocycles. The van der Waals surface area contributed by atoms with Crippen LogP contribution < -0.4 is 15.4 Å². The zero-order valence-electron chi connectivity index (χ0n) is 22.5. The fourth-order valence-electron chi connectivity index (χ4n) is 4.78. The lowest BCUT2D eigenvalue weighted by atomic mass is 9.93. The van der Waals surface area contributed by atoms with E-state index < -0.39 is 10.0 Å². The summed E-state index contributed by atoms with van der Waals surface area (Å²) in [5.74, 6) is 1.06. The number of nitrogens with one attached hydrogen (secondary N) is 3. The molecule has 2 aromatic heterocycles. The molecule has 0 saturated heterocycles. The van der Waals surface area contributed by atoms with Gasteiger partial charge in [0, 0.05) is 24.8 Å². The zero-order valence-corrected chi connectivity index (χ0v) is 23.3. The highest BCUT2D eigenvalue weighted by atomic mass is 32.2. The monoisotopic (exact) mass is 543 g/mol. The third-order valence-corrected chi connectivity index (χ3v) is 8.56. The smallest absolute Gasteiger partial charge is 0.240 e. The van der Waals surface area contributed by atoms with Crippen LogP contribution in [0.2, 0.25) is 0 Å². The van der Waals surface area contributed by atoms with E-state index in [9.17, 15) is 13.5 Å². The maximum Gasteiger partial charge on any atom is 0.240 e. The Morgan fingerprint density at radius 1 is 0.974 bits per heavy atom. The highest BCUT2D eigenvalue weighted by Crippen LogP contribution is 2.27. The number of imidazole rings is 1. The van der Waals surface area contributed by atoms with Crippen LogP contribution in [0.1, 0.15) is 78.1 Å². The Morgan fingerprint density at radius 2 is 1.68 bits per heavy atom. The maximum atomic E-state index is 12.7. The van der Waals surface area contributed by atoms with Crippen LogP contribution in [0, 0.1) is 0 Å². The van der Waals surface area contributed by atoms with Crippen LogP contribution in [0.25, 0.3) is 11.2 Å². The van der Waals surface area contributed by atoms with Crippen molar-refractivity contribution < 1.29 is 13.5 Å². The Balaban J connectivity index is 1.43. The molecule has 0 radical (unpaired) electrons. The number of unbranched alkanes of at least 4 members (excludes halogenated alkanes) is 5. The van der Waals surface area contributed by atoms with Gasteiger partial charge in [0.2, 0.25) is 16.0 Å². The molecular weight excluding hydrogens is 502 g/mol. The van der Waals surface area contributed by atoms with Gasteiger partial charge < -0.3 is 20.3 Å². The number of anilines is 3. The number of benzene rings is 1. The highest BCUT2D eigenvalue weighted by Gasteiger charge is 2.21. The van der Waals surface area contributed by atoms with Crippen molar-refractivity contribution >= 4 is 38.6 Å². The third kappa shape index (κ3) is 7.42. The molecule has 4 rings (SSSR count). The van der Waals surface area contributed by atoms with Crippen LogP contribution in [-0.2, 0) is 16.6 Å². The first kappa shape index (κ1) is 28.3. The Bertz CT molecular complexity index is 1270. The minimum atomic E-state index is -3.56. The van der Waals surface area contributed by atoms with E-state index >= 15 is 0 Å². The van der Waals surface area contributed by atoms with Gasteiger partial charge in [0.15, 0.2) is 17.0 Å². The molecule has 1 fully saturated rings. The second-order valence-electron chi connectivity index (χ2n) is 10.1. The van der Waals surface area contributed by atoms with Crippen LogP contribution in [0.5, 0.6) is 0 Å². The number of aliphatic hydroxyl groups is 1. The van der Waals surface area contributed by atoms with Gasteiger partial charge in [-0.25, -0.2) is 18.1 Å². The van der Waals surface area contributed by atoms with Crippen LogP contribution in [-0.4, -0.2) is 51.7 Å². The zero-order chi connectivity index (χ0) is 27.0. The van der Waals surface area contributed by atoms with Crippen molar-refractivity contribution in [2.45, 2.75) is 102 Å². The van der Waals surface area contributed by atoms with E-state index in [4.69, 9.17) is 9.97 Å². The Hall–Kier alpha value is -2.76. The van der Waals surface area contributed by atoms with Gasteiger partial charge in [0.25, 0.3) is 0 Å². The Morgan fingerprint density at radius 3 is 2.39 bits per heavy atom. The lowest BCUT2D eigenvalue weighted by molar-refractivity contribution is 0.126. The lowest BCUT2D eigenvalue weighted by Crippen LogP contribution is -2.29. The van der Waals surface area contributed by atoms with Crippen molar-refractivity contribution in [1.29, 1.82) is 0 Å². The highest BCUT2D eigenvalue weighted by molar-refractivity contribution is 7.89. The molecule has 0 aliphatic heterocycles. The van der Waals surface area contributed by atoms with E-state index in [1.807, 2.05) is 11.5 Å². The first-order chi connectivity index (χ1) is 18.4. The number of hydrogen-bond donors (Lipinski definition) is 4. The van der Waals surface area contributed by atoms with Gasteiger partial charge >= 0.3 is 0 Å². The number of fused-ring (bicyclic) bond motifs is 1. The van der Waals surface area contributed by atoms with E-state index in [0.717, 1.165) is 57.1 Å². The number of aryl methyl sites for hydroxylation is 1. The van der Waals surface area contributed by atoms with Gasteiger partial charge in [0.05, 0.1) is 17.3 Å². The molecule has 4 N–H and O–H groups in total. The minimum absolute atomic E-state index is 0.204. The molecule has 0 unspecified atom stereocenters. The van der Waals surface area contributed by atoms with E-state index in [1.165, 1.54) is 19.3 Å². The predicted molar refractivity (Wildman–Crippen MR) is 151 cm³/mol. The normalized spacial score (nSPS) is 18.1. The molecule has 0 amide bonds. The fraction of sp³-hybridized carbons (Fsp3) is 0.593. The van der Waals surface area contributed by atoms with Crippen molar-refractivity contribution in [3.63, 3.8) is 0 Å². The van der Waals surface area contributed by atoms with Gasteiger partial charge in [-0.3, -0.25) is 0 Å². The van der Waals surface area contributed by atoms with Crippen molar-refractivity contribution in [3.8, 4) is 0 Å². The Kier molecular flexibility index (Phi) is 9.92. The maximum absolute atomic E-state index is 12.7. The van der Waals surface area contributed by atoms with Crippen molar-refractivity contribution in [2.24, 2.45) is 0 Å². The largest absolute Gasteiger partial charge is 0.393 e. The van der Waals surface area contributed by atoms with Crippen LogP contribution >= 0.6 is 0 Å². The molecule has 208 valence electrons. The van der Waals surface area contributed by atoms with E-state index in [2.05, 4.69) is 27.3 Å². The quantitative estimate of drug-likeness (QED) is 0.210. The summed E-state index contributed by atoms with van der Waals surface area (Å²) in [5.41, 5.74) is 2.08. The molecule has 1 aliphatic carbocycles. The number of aromatic nitrogens is 4. The Labute approximate surface area is 225 Å². The molecule has 0 spiro atoms. The fourth-order valence-corrected chi connectivity index (χ4v) is 5.85. The molecule has 0 atom stereocenters. The van der Waals surface area contributed by atoms with E-state index in [-0.39, 0.29) is 17.0 Å². The van der Waals surface area contributed by atoms with Gasteiger partial charge in [0.1, 0.15) is 0 Å². The van der Waals surface area contributed by atoms with Gasteiger partial charge in [-0.15, -0.1) is 0 Å². The number of nitrogens with zero attached hydrogens (tertiary/aromatic N) is 4. The van der Waals surface area contributed by atoms with E-state index in [0.29, 0.717) is 29.5 Å². The second kappa shape index (κ2) is 13.3. The first-order valence-corrected chi connectivity index (χ1v) is 15.4. The van der Waals surface area contributed by atoms with Gasteiger partial charge in [-0.05, 0) is 63.3 Å². The van der Waals surface area contributed by atoms with Gasteiger partial charge in [-0.1, -0.05) is 39.0 Å². The van der Waals surface area contributed by atoms with Crippen LogP contribution in [0.3, 0.4) is 0 Å².